The molecule has 0 aromatic carbocycles. The van der Waals surface area contributed by atoms with Crippen LogP contribution in [-0.2, 0) is 0 Å². The Morgan fingerprint density at radius 1 is 0.581 bits per heavy atom. The number of hydrogen-bond acceptors (Lipinski definition) is 0. The first-order chi connectivity index (χ1) is 14.9. The zero-order valence-electron chi connectivity index (χ0n) is 22.8. The molecule has 1 aliphatic carbocycles. The van der Waals surface area contributed by atoms with E-state index in [9.17, 15) is 0 Å². The first kappa shape index (κ1) is 29.0. The van der Waals surface area contributed by atoms with Gasteiger partial charge in [-0.1, -0.05) is 144 Å². The van der Waals surface area contributed by atoms with Crippen LogP contribution in [0.4, 0.5) is 0 Å². The molecule has 1 rings (SSSR count). The van der Waals surface area contributed by atoms with E-state index >= 15 is 0 Å². The quantitative estimate of drug-likeness (QED) is 0.268. The summed E-state index contributed by atoms with van der Waals surface area (Å²) < 4.78 is 0. The first-order valence-electron chi connectivity index (χ1n) is 14.9. The highest BCUT2D eigenvalue weighted by atomic mass is 14.4. The maximum Gasteiger partial charge on any atom is -0.0298 e. The lowest BCUT2D eigenvalue weighted by molar-refractivity contribution is 0.118. The van der Waals surface area contributed by atoms with Crippen LogP contribution in [0.1, 0.15) is 182 Å². The van der Waals surface area contributed by atoms with Crippen molar-refractivity contribution in [3.8, 4) is 0 Å². The monoisotopic (exact) mass is 434 g/mol. The third kappa shape index (κ3) is 14.0. The molecule has 1 saturated carbocycles. The van der Waals surface area contributed by atoms with Gasteiger partial charge in [0.05, 0.1) is 0 Å². The van der Waals surface area contributed by atoms with E-state index in [1.807, 2.05) is 0 Å². The van der Waals surface area contributed by atoms with Crippen LogP contribution in [0.15, 0.2) is 0 Å². The largest absolute Gasteiger partial charge is 0.0654 e. The van der Waals surface area contributed by atoms with Gasteiger partial charge < -0.3 is 0 Å². The van der Waals surface area contributed by atoms with Crippen LogP contribution in [-0.4, -0.2) is 0 Å². The minimum absolute atomic E-state index is 0.579. The van der Waals surface area contributed by atoms with E-state index in [0.29, 0.717) is 10.8 Å². The maximum atomic E-state index is 2.72. The van der Waals surface area contributed by atoms with Crippen LogP contribution < -0.4 is 0 Å². The minimum atomic E-state index is 0.579. The predicted octanol–water partition coefficient (Wildman–Crippen LogP) is 11.7. The Kier molecular flexibility index (Phi) is 16.4. The molecule has 2 atom stereocenters. The minimum Gasteiger partial charge on any atom is -0.0654 e. The van der Waals surface area contributed by atoms with Gasteiger partial charge in [-0.3, -0.25) is 0 Å². The lowest BCUT2D eigenvalue weighted by atomic mass is 9.66. The van der Waals surface area contributed by atoms with Gasteiger partial charge in [-0.05, 0) is 55.3 Å². The van der Waals surface area contributed by atoms with E-state index in [1.165, 1.54) is 148 Å². The molecule has 0 amide bonds. The van der Waals surface area contributed by atoms with Crippen LogP contribution >= 0.6 is 0 Å². The SMILES string of the molecule is CCCCCCCC(C)(CCCCCC)C1CCCCCCCC(C)(C)CCCCC1. The molecule has 0 bridgehead atoms. The molecule has 0 aliphatic heterocycles. The van der Waals surface area contributed by atoms with Gasteiger partial charge in [0.1, 0.15) is 0 Å². The fourth-order valence-electron chi connectivity index (χ4n) is 6.28. The zero-order valence-corrected chi connectivity index (χ0v) is 22.8. The summed E-state index contributed by atoms with van der Waals surface area (Å²) in [7, 11) is 0. The van der Waals surface area contributed by atoms with Crippen molar-refractivity contribution < 1.29 is 0 Å². The molecule has 0 heteroatoms. The van der Waals surface area contributed by atoms with Gasteiger partial charge in [0, 0.05) is 0 Å². The van der Waals surface area contributed by atoms with E-state index in [0.717, 1.165) is 5.92 Å². The molecule has 31 heavy (non-hydrogen) atoms. The Hall–Kier alpha value is 0. The summed E-state index contributed by atoms with van der Waals surface area (Å²) in [6.07, 6.45) is 33.7. The lowest BCUT2D eigenvalue weighted by Crippen LogP contribution is -2.28. The second kappa shape index (κ2) is 17.5. The van der Waals surface area contributed by atoms with Gasteiger partial charge in [0.2, 0.25) is 0 Å². The highest BCUT2D eigenvalue weighted by Crippen LogP contribution is 2.44. The molecule has 0 aromatic rings. The van der Waals surface area contributed by atoms with E-state index in [2.05, 4.69) is 34.6 Å². The number of rotatable bonds is 12. The Balaban J connectivity index is 2.71. The number of unbranched alkanes of at least 4 members (excludes halogenated alkanes) is 7. The van der Waals surface area contributed by atoms with E-state index < -0.39 is 0 Å². The first-order valence-corrected chi connectivity index (χ1v) is 14.9. The van der Waals surface area contributed by atoms with E-state index in [4.69, 9.17) is 0 Å². The van der Waals surface area contributed by atoms with Crippen LogP contribution in [0.2, 0.25) is 0 Å². The molecule has 0 saturated heterocycles. The molecule has 0 nitrogen and oxygen atoms in total. The van der Waals surface area contributed by atoms with Crippen molar-refractivity contribution >= 4 is 0 Å². The fourth-order valence-corrected chi connectivity index (χ4v) is 6.28. The summed E-state index contributed by atoms with van der Waals surface area (Å²) in [5.74, 6) is 0.983. The van der Waals surface area contributed by atoms with E-state index in [1.54, 1.807) is 0 Å². The number of hydrogen-bond donors (Lipinski definition) is 0. The highest BCUT2D eigenvalue weighted by molar-refractivity contribution is 4.83. The van der Waals surface area contributed by atoms with Crippen molar-refractivity contribution in [1.82, 2.24) is 0 Å². The molecular formula is C31H62. The van der Waals surface area contributed by atoms with Gasteiger partial charge in [-0.2, -0.15) is 0 Å². The molecule has 0 heterocycles. The van der Waals surface area contributed by atoms with Crippen molar-refractivity contribution in [3.63, 3.8) is 0 Å². The summed E-state index contributed by atoms with van der Waals surface area (Å²) >= 11 is 0. The van der Waals surface area contributed by atoms with E-state index in [-0.39, 0.29) is 0 Å². The fraction of sp³-hybridized carbons (Fsp3) is 1.00. The highest BCUT2D eigenvalue weighted by Gasteiger charge is 2.32. The molecule has 2 unspecified atom stereocenters. The Labute approximate surface area is 199 Å². The average Bonchev–Trinajstić information content (AvgIpc) is 2.73. The third-order valence-corrected chi connectivity index (χ3v) is 8.75. The Morgan fingerprint density at radius 2 is 1.00 bits per heavy atom. The molecule has 186 valence electrons. The van der Waals surface area contributed by atoms with Crippen LogP contribution in [0.3, 0.4) is 0 Å². The van der Waals surface area contributed by atoms with Crippen LogP contribution in [0.25, 0.3) is 0 Å². The second-order valence-electron chi connectivity index (χ2n) is 12.4. The summed E-state index contributed by atoms with van der Waals surface area (Å²) in [5, 5.41) is 0. The van der Waals surface area contributed by atoms with Crippen molar-refractivity contribution in [2.45, 2.75) is 182 Å². The summed E-state index contributed by atoms with van der Waals surface area (Å²) in [5.41, 5.74) is 1.19. The molecule has 0 aromatic heterocycles. The topological polar surface area (TPSA) is 0 Å². The molecular weight excluding hydrogens is 372 g/mol. The van der Waals surface area contributed by atoms with Crippen LogP contribution in [0, 0.1) is 16.7 Å². The molecule has 0 N–H and O–H groups in total. The van der Waals surface area contributed by atoms with Gasteiger partial charge in [-0.25, -0.2) is 0 Å². The predicted molar refractivity (Wildman–Crippen MR) is 143 cm³/mol. The standard InChI is InChI=1S/C31H62/c1-6-8-10-14-22-28-31(5,27-21-11-9-7-2)29-23-17-13-12-15-19-25-30(3,4)26-20-16-18-24-29/h29H,6-28H2,1-5H3. The van der Waals surface area contributed by atoms with Gasteiger partial charge in [-0.15, -0.1) is 0 Å². The smallest absolute Gasteiger partial charge is 0.0298 e. The third-order valence-electron chi connectivity index (χ3n) is 8.75. The van der Waals surface area contributed by atoms with Crippen molar-refractivity contribution in [2.75, 3.05) is 0 Å². The molecule has 0 radical (unpaired) electrons. The van der Waals surface area contributed by atoms with Gasteiger partial charge in [0.25, 0.3) is 0 Å². The van der Waals surface area contributed by atoms with Crippen LogP contribution in [0.5, 0.6) is 0 Å². The maximum absolute atomic E-state index is 2.72. The van der Waals surface area contributed by atoms with Crippen molar-refractivity contribution in [2.24, 2.45) is 16.7 Å². The molecule has 1 fully saturated rings. The van der Waals surface area contributed by atoms with Crippen molar-refractivity contribution in [3.05, 3.63) is 0 Å². The second-order valence-corrected chi connectivity index (χ2v) is 12.4. The van der Waals surface area contributed by atoms with Gasteiger partial charge >= 0.3 is 0 Å². The van der Waals surface area contributed by atoms with Gasteiger partial charge in [0.15, 0.2) is 0 Å². The lowest BCUT2D eigenvalue weighted by Gasteiger charge is -2.39. The Bertz CT molecular complexity index is 395. The zero-order chi connectivity index (χ0) is 22.8. The summed E-state index contributed by atoms with van der Waals surface area (Å²) in [4.78, 5) is 0. The summed E-state index contributed by atoms with van der Waals surface area (Å²) in [6.45, 7) is 12.5. The normalized spacial score (nSPS) is 23.7. The average molecular weight is 435 g/mol. The summed E-state index contributed by atoms with van der Waals surface area (Å²) in [6, 6.07) is 0. The van der Waals surface area contributed by atoms with Crippen molar-refractivity contribution in [1.29, 1.82) is 0 Å². The molecule has 0 spiro atoms. The molecule has 1 aliphatic rings. The Morgan fingerprint density at radius 3 is 1.55 bits per heavy atom.